The molecule has 0 spiro atoms. The number of amides is 1. The molecule has 0 bridgehead atoms. The van der Waals surface area contributed by atoms with Crippen molar-refractivity contribution in [2.75, 3.05) is 17.5 Å². The van der Waals surface area contributed by atoms with Crippen molar-refractivity contribution in [1.82, 2.24) is 4.72 Å². The number of nitrogens with two attached hydrogens (primary N) is 1. The van der Waals surface area contributed by atoms with Gasteiger partial charge in [0, 0.05) is 13.1 Å². The topological polar surface area (TPSA) is 102 Å². The van der Waals surface area contributed by atoms with E-state index in [1.54, 1.807) is 31.2 Å². The Morgan fingerprint density at radius 2 is 1.90 bits per heavy atom. The van der Waals surface area contributed by atoms with Crippen LogP contribution in [0.4, 0.5) is 10.5 Å². The Bertz CT molecular complexity index is 557. The summed E-state index contributed by atoms with van der Waals surface area (Å²) in [6.45, 7) is 4.17. The predicted molar refractivity (Wildman–Crippen MR) is 81.0 cm³/mol. The molecule has 8 heteroatoms. The Hall–Kier alpha value is -1.80. The molecule has 0 atom stereocenters. The van der Waals surface area contributed by atoms with Gasteiger partial charge in [0.1, 0.15) is 0 Å². The molecule has 0 heterocycles. The summed E-state index contributed by atoms with van der Waals surface area (Å²) in [7, 11) is -4.00. The third-order valence-electron chi connectivity index (χ3n) is 2.66. The largest absolute Gasteiger partial charge is 0.449 e. The molecule has 0 fully saturated rings. The number of nitrogens with zero attached hydrogens (tertiary/aromatic N) is 1. The standard InChI is InChI=1S/C13H21N3O4S/c1-3-9-16(12-7-5-11(10-14)6-8-12)21(18,19)15-13(17)20-4-2/h5-8H,3-4,9-10,14H2,1-2H3,(H,15,17). The second-order valence-corrected chi connectivity index (χ2v) is 5.87. The fourth-order valence-corrected chi connectivity index (χ4v) is 2.91. The van der Waals surface area contributed by atoms with Gasteiger partial charge in [-0.1, -0.05) is 19.1 Å². The van der Waals surface area contributed by atoms with E-state index >= 15 is 0 Å². The second kappa shape index (κ2) is 7.84. The Balaban J connectivity index is 3.00. The van der Waals surface area contributed by atoms with E-state index in [9.17, 15) is 13.2 Å². The monoisotopic (exact) mass is 315 g/mol. The van der Waals surface area contributed by atoms with E-state index in [4.69, 9.17) is 5.73 Å². The zero-order valence-electron chi connectivity index (χ0n) is 12.2. The normalized spacial score (nSPS) is 11.0. The molecule has 1 aromatic rings. The molecule has 1 amide bonds. The molecule has 0 aliphatic rings. The van der Waals surface area contributed by atoms with Crippen molar-refractivity contribution in [3.63, 3.8) is 0 Å². The summed E-state index contributed by atoms with van der Waals surface area (Å²) in [6, 6.07) is 6.81. The van der Waals surface area contributed by atoms with Crippen molar-refractivity contribution in [2.45, 2.75) is 26.8 Å². The van der Waals surface area contributed by atoms with E-state index in [1.165, 1.54) is 0 Å². The third kappa shape index (κ3) is 4.91. The van der Waals surface area contributed by atoms with E-state index in [0.29, 0.717) is 18.7 Å². The van der Waals surface area contributed by atoms with Gasteiger partial charge in [0.2, 0.25) is 0 Å². The summed E-state index contributed by atoms with van der Waals surface area (Å²) in [5.41, 5.74) is 6.87. The lowest BCUT2D eigenvalue weighted by atomic mass is 10.2. The molecule has 1 rings (SSSR count). The zero-order chi connectivity index (χ0) is 15.9. The highest BCUT2D eigenvalue weighted by molar-refractivity contribution is 7.91. The number of benzene rings is 1. The van der Waals surface area contributed by atoms with Crippen LogP contribution in [0.3, 0.4) is 0 Å². The molecular formula is C13H21N3O4S. The number of hydrogen-bond acceptors (Lipinski definition) is 5. The molecule has 0 radical (unpaired) electrons. The SMILES string of the molecule is CCCN(c1ccc(CN)cc1)S(=O)(=O)NC(=O)OCC. The number of carbonyl (C=O) groups excluding carboxylic acids is 1. The summed E-state index contributed by atoms with van der Waals surface area (Å²) >= 11 is 0. The van der Waals surface area contributed by atoms with Crippen molar-refractivity contribution < 1.29 is 17.9 Å². The number of anilines is 1. The van der Waals surface area contributed by atoms with Crippen molar-refractivity contribution >= 4 is 22.0 Å². The molecule has 0 saturated carbocycles. The summed E-state index contributed by atoms with van der Waals surface area (Å²) in [6.07, 6.45) is -0.389. The Labute approximate surface area is 125 Å². The minimum atomic E-state index is -4.00. The molecule has 0 aliphatic carbocycles. The molecule has 0 aliphatic heterocycles. The van der Waals surface area contributed by atoms with Crippen molar-refractivity contribution in [2.24, 2.45) is 5.73 Å². The van der Waals surface area contributed by atoms with E-state index in [0.717, 1.165) is 9.87 Å². The lowest BCUT2D eigenvalue weighted by Gasteiger charge is -2.23. The molecule has 0 saturated heterocycles. The molecule has 3 N–H and O–H groups in total. The maximum absolute atomic E-state index is 12.3. The fraction of sp³-hybridized carbons (Fsp3) is 0.462. The second-order valence-electron chi connectivity index (χ2n) is 4.27. The smallest absolute Gasteiger partial charge is 0.422 e. The van der Waals surface area contributed by atoms with E-state index in [-0.39, 0.29) is 13.2 Å². The molecule has 0 unspecified atom stereocenters. The molecule has 21 heavy (non-hydrogen) atoms. The van der Waals surface area contributed by atoms with Gasteiger partial charge in [-0.2, -0.15) is 8.42 Å². The third-order valence-corrected chi connectivity index (χ3v) is 4.06. The summed E-state index contributed by atoms with van der Waals surface area (Å²) < 4.78 is 32.1. The van der Waals surface area contributed by atoms with Crippen LogP contribution in [0, 0.1) is 0 Å². The summed E-state index contributed by atoms with van der Waals surface area (Å²) in [5, 5.41) is 0. The first-order chi connectivity index (χ1) is 9.94. The molecular weight excluding hydrogens is 294 g/mol. The van der Waals surface area contributed by atoms with Gasteiger partial charge in [-0.15, -0.1) is 0 Å². The van der Waals surface area contributed by atoms with E-state index in [1.807, 2.05) is 11.6 Å². The van der Waals surface area contributed by atoms with Crippen molar-refractivity contribution in [3.05, 3.63) is 29.8 Å². The molecule has 0 aromatic heterocycles. The fourth-order valence-electron chi connectivity index (χ4n) is 1.71. The van der Waals surface area contributed by atoms with Gasteiger partial charge in [0.05, 0.1) is 12.3 Å². The minimum Gasteiger partial charge on any atom is -0.449 e. The Kier molecular flexibility index (Phi) is 6.44. The highest BCUT2D eigenvalue weighted by Gasteiger charge is 2.24. The van der Waals surface area contributed by atoms with Gasteiger partial charge >= 0.3 is 16.3 Å². The predicted octanol–water partition coefficient (Wildman–Crippen LogP) is 1.35. The molecule has 118 valence electrons. The number of carbonyl (C=O) groups is 1. The van der Waals surface area contributed by atoms with E-state index < -0.39 is 16.3 Å². The van der Waals surface area contributed by atoms with Gasteiger partial charge < -0.3 is 10.5 Å². The summed E-state index contributed by atoms with van der Waals surface area (Å²) in [4.78, 5) is 11.3. The first-order valence-electron chi connectivity index (χ1n) is 6.70. The summed E-state index contributed by atoms with van der Waals surface area (Å²) in [5.74, 6) is 0. The average molecular weight is 315 g/mol. The maximum atomic E-state index is 12.3. The lowest BCUT2D eigenvalue weighted by Crippen LogP contribution is -2.44. The van der Waals surface area contributed by atoms with Crippen LogP contribution in [0.15, 0.2) is 24.3 Å². The number of hydrogen-bond donors (Lipinski definition) is 2. The Morgan fingerprint density at radius 3 is 2.38 bits per heavy atom. The van der Waals surface area contributed by atoms with Crippen LogP contribution in [0.5, 0.6) is 0 Å². The van der Waals surface area contributed by atoms with Crippen LogP contribution in [-0.4, -0.2) is 27.7 Å². The average Bonchev–Trinajstić information content (AvgIpc) is 2.44. The van der Waals surface area contributed by atoms with Crippen LogP contribution in [0.25, 0.3) is 0 Å². The van der Waals surface area contributed by atoms with E-state index in [2.05, 4.69) is 4.74 Å². The van der Waals surface area contributed by atoms with Gasteiger partial charge in [-0.3, -0.25) is 4.31 Å². The van der Waals surface area contributed by atoms with Gasteiger partial charge in [-0.05, 0) is 31.0 Å². The molecule has 1 aromatic carbocycles. The van der Waals surface area contributed by atoms with Crippen LogP contribution in [-0.2, 0) is 21.5 Å². The van der Waals surface area contributed by atoms with Gasteiger partial charge in [0.25, 0.3) is 0 Å². The highest BCUT2D eigenvalue weighted by Crippen LogP contribution is 2.18. The number of ether oxygens (including phenoxy) is 1. The van der Waals surface area contributed by atoms with Crippen LogP contribution < -0.4 is 14.8 Å². The zero-order valence-corrected chi connectivity index (χ0v) is 13.0. The number of rotatable bonds is 7. The van der Waals surface area contributed by atoms with Crippen LogP contribution in [0.1, 0.15) is 25.8 Å². The molecule has 7 nitrogen and oxygen atoms in total. The van der Waals surface area contributed by atoms with Crippen LogP contribution >= 0.6 is 0 Å². The lowest BCUT2D eigenvalue weighted by molar-refractivity contribution is 0.158. The van der Waals surface area contributed by atoms with Gasteiger partial charge in [0.15, 0.2) is 0 Å². The first kappa shape index (κ1) is 17.3. The Morgan fingerprint density at radius 1 is 1.29 bits per heavy atom. The first-order valence-corrected chi connectivity index (χ1v) is 8.14. The highest BCUT2D eigenvalue weighted by atomic mass is 32.2. The quantitative estimate of drug-likeness (QED) is 0.791. The number of nitrogens with one attached hydrogen (secondary N) is 1. The van der Waals surface area contributed by atoms with Crippen molar-refractivity contribution in [3.8, 4) is 0 Å². The maximum Gasteiger partial charge on any atom is 0.422 e. The van der Waals surface area contributed by atoms with Crippen LogP contribution in [0.2, 0.25) is 0 Å². The van der Waals surface area contributed by atoms with Gasteiger partial charge in [-0.25, -0.2) is 9.52 Å². The van der Waals surface area contributed by atoms with Crippen molar-refractivity contribution in [1.29, 1.82) is 0 Å². The minimum absolute atomic E-state index is 0.0975.